The molecule has 0 saturated heterocycles. The van der Waals surface area contributed by atoms with Crippen molar-refractivity contribution in [3.63, 3.8) is 0 Å². The SMILES string of the molecule is NNc1cc(SC(F)(F)F)cc(C(F)(F)F)c1. The first-order chi connectivity index (χ1) is 7.62. The number of hydrazine groups is 1. The maximum Gasteiger partial charge on any atom is 0.446 e. The number of rotatable bonds is 2. The summed E-state index contributed by atoms with van der Waals surface area (Å²) >= 11 is -0.635. The Kier molecular flexibility index (Phi) is 3.82. The minimum atomic E-state index is -4.73. The summed E-state index contributed by atoms with van der Waals surface area (Å²) in [5, 5.41) is 0. The van der Waals surface area contributed by atoms with Crippen LogP contribution in [0.1, 0.15) is 5.56 Å². The zero-order valence-electron chi connectivity index (χ0n) is 7.99. The van der Waals surface area contributed by atoms with Gasteiger partial charge in [-0.05, 0) is 30.0 Å². The number of thioether (sulfide) groups is 1. The van der Waals surface area contributed by atoms with Crippen LogP contribution in [0.15, 0.2) is 23.1 Å². The molecule has 2 nitrogen and oxygen atoms in total. The minimum absolute atomic E-state index is 0.244. The second-order valence-corrected chi connectivity index (χ2v) is 4.07. The first kappa shape index (κ1) is 14.0. The molecule has 0 aliphatic carbocycles. The number of nitrogen functional groups attached to an aromatic ring is 1. The summed E-state index contributed by atoms with van der Waals surface area (Å²) in [6, 6.07) is 1.92. The molecule has 0 atom stereocenters. The third kappa shape index (κ3) is 4.35. The minimum Gasteiger partial charge on any atom is -0.324 e. The Balaban J connectivity index is 3.15. The summed E-state index contributed by atoms with van der Waals surface area (Å²) < 4.78 is 73.2. The fraction of sp³-hybridized carbons (Fsp3) is 0.250. The van der Waals surface area contributed by atoms with E-state index in [0.29, 0.717) is 12.1 Å². The van der Waals surface area contributed by atoms with Gasteiger partial charge in [-0.3, -0.25) is 5.84 Å². The van der Waals surface area contributed by atoms with Crippen LogP contribution in [0.4, 0.5) is 32.0 Å². The largest absolute Gasteiger partial charge is 0.446 e. The van der Waals surface area contributed by atoms with Gasteiger partial charge in [0.05, 0.1) is 11.3 Å². The van der Waals surface area contributed by atoms with Crippen LogP contribution in [0.25, 0.3) is 0 Å². The van der Waals surface area contributed by atoms with E-state index in [4.69, 9.17) is 5.84 Å². The standard InChI is InChI=1S/C8H6F6N2S/c9-7(10,11)4-1-5(16-15)3-6(2-4)17-8(12,13)14/h1-3,16H,15H2. The lowest BCUT2D eigenvalue weighted by Gasteiger charge is -2.12. The van der Waals surface area contributed by atoms with Gasteiger partial charge in [0.1, 0.15) is 0 Å². The Hall–Kier alpha value is -1.09. The Morgan fingerprint density at radius 1 is 1.00 bits per heavy atom. The summed E-state index contributed by atoms with van der Waals surface area (Å²) in [6.07, 6.45) is -4.73. The molecule has 0 radical (unpaired) electrons. The predicted octanol–water partition coefficient (Wildman–Crippen LogP) is 3.60. The first-order valence-corrected chi connectivity index (χ1v) is 4.88. The summed E-state index contributed by atoms with van der Waals surface area (Å²) in [7, 11) is 0. The molecule has 17 heavy (non-hydrogen) atoms. The van der Waals surface area contributed by atoms with Crippen LogP contribution in [-0.2, 0) is 6.18 Å². The van der Waals surface area contributed by atoms with Crippen molar-refractivity contribution >= 4 is 17.4 Å². The van der Waals surface area contributed by atoms with E-state index in [1.807, 2.05) is 5.43 Å². The van der Waals surface area contributed by atoms with Gasteiger partial charge < -0.3 is 5.43 Å². The number of halogens is 6. The number of hydrogen-bond acceptors (Lipinski definition) is 3. The summed E-state index contributed by atoms with van der Waals surface area (Å²) in [5.74, 6) is 4.89. The average molecular weight is 276 g/mol. The number of benzene rings is 1. The van der Waals surface area contributed by atoms with Crippen LogP contribution < -0.4 is 11.3 Å². The highest BCUT2D eigenvalue weighted by molar-refractivity contribution is 8.00. The lowest BCUT2D eigenvalue weighted by atomic mass is 10.2. The van der Waals surface area contributed by atoms with E-state index in [9.17, 15) is 26.3 Å². The van der Waals surface area contributed by atoms with Gasteiger partial charge in [0.25, 0.3) is 0 Å². The molecule has 0 spiro atoms. The van der Waals surface area contributed by atoms with Gasteiger partial charge in [0.15, 0.2) is 0 Å². The van der Waals surface area contributed by atoms with Crippen LogP contribution in [0.5, 0.6) is 0 Å². The van der Waals surface area contributed by atoms with Crippen LogP contribution in [-0.4, -0.2) is 5.51 Å². The molecule has 0 aromatic heterocycles. The average Bonchev–Trinajstić information content (AvgIpc) is 2.13. The molecule has 0 bridgehead atoms. The fourth-order valence-electron chi connectivity index (χ4n) is 1.04. The van der Waals surface area contributed by atoms with Crippen LogP contribution >= 0.6 is 11.8 Å². The van der Waals surface area contributed by atoms with Crippen LogP contribution in [0, 0.1) is 0 Å². The lowest BCUT2D eigenvalue weighted by molar-refractivity contribution is -0.137. The molecular formula is C8H6F6N2S. The normalized spacial score (nSPS) is 12.6. The topological polar surface area (TPSA) is 38.0 Å². The van der Waals surface area contributed by atoms with Crippen molar-refractivity contribution in [2.45, 2.75) is 16.6 Å². The highest BCUT2D eigenvalue weighted by Gasteiger charge is 2.34. The van der Waals surface area contributed by atoms with Crippen molar-refractivity contribution in [1.82, 2.24) is 0 Å². The molecule has 0 heterocycles. The third-order valence-corrected chi connectivity index (χ3v) is 2.34. The zero-order chi connectivity index (χ0) is 13.3. The molecule has 0 aliphatic heterocycles. The molecule has 1 aromatic rings. The second-order valence-electron chi connectivity index (χ2n) is 2.94. The van der Waals surface area contributed by atoms with E-state index in [1.54, 1.807) is 0 Å². The van der Waals surface area contributed by atoms with Gasteiger partial charge in [-0.1, -0.05) is 0 Å². The molecule has 0 amide bonds. The number of nitrogens with one attached hydrogen (secondary N) is 1. The molecule has 0 unspecified atom stereocenters. The molecule has 96 valence electrons. The van der Waals surface area contributed by atoms with Gasteiger partial charge in [0, 0.05) is 4.90 Å². The van der Waals surface area contributed by atoms with Crippen LogP contribution in [0.2, 0.25) is 0 Å². The van der Waals surface area contributed by atoms with Gasteiger partial charge in [-0.25, -0.2) is 0 Å². The molecular weight excluding hydrogens is 270 g/mol. The maximum absolute atomic E-state index is 12.4. The highest BCUT2D eigenvalue weighted by Crippen LogP contribution is 2.40. The Bertz CT molecular complexity index is 400. The highest BCUT2D eigenvalue weighted by atomic mass is 32.2. The van der Waals surface area contributed by atoms with E-state index < -0.39 is 33.9 Å². The molecule has 0 saturated carbocycles. The fourth-order valence-corrected chi connectivity index (χ4v) is 1.68. The number of hydrogen-bond donors (Lipinski definition) is 2. The molecule has 0 aliphatic rings. The molecule has 1 aromatic carbocycles. The van der Waals surface area contributed by atoms with Gasteiger partial charge in [-0.15, -0.1) is 0 Å². The van der Waals surface area contributed by atoms with Gasteiger partial charge in [-0.2, -0.15) is 26.3 Å². The second kappa shape index (κ2) is 4.65. The Labute approximate surface area is 96.1 Å². The Morgan fingerprint density at radius 3 is 2.00 bits per heavy atom. The lowest BCUT2D eigenvalue weighted by Crippen LogP contribution is -2.11. The van der Waals surface area contributed by atoms with E-state index >= 15 is 0 Å². The van der Waals surface area contributed by atoms with Crippen molar-refractivity contribution in [1.29, 1.82) is 0 Å². The maximum atomic E-state index is 12.4. The molecule has 0 fully saturated rings. The van der Waals surface area contributed by atoms with E-state index in [0.717, 1.165) is 6.07 Å². The quantitative estimate of drug-likeness (QED) is 0.375. The number of alkyl halides is 6. The summed E-state index contributed by atoms with van der Waals surface area (Å²) in [5.41, 5.74) is -4.21. The Morgan fingerprint density at radius 2 is 1.59 bits per heavy atom. The van der Waals surface area contributed by atoms with E-state index in [1.165, 1.54) is 0 Å². The number of anilines is 1. The summed E-state index contributed by atoms with van der Waals surface area (Å²) in [6.45, 7) is 0. The van der Waals surface area contributed by atoms with Crippen molar-refractivity contribution in [3.05, 3.63) is 23.8 Å². The molecule has 1 rings (SSSR count). The van der Waals surface area contributed by atoms with Gasteiger partial charge >= 0.3 is 11.7 Å². The zero-order valence-corrected chi connectivity index (χ0v) is 8.80. The number of nitrogens with two attached hydrogens (primary N) is 1. The molecule has 3 N–H and O–H groups in total. The van der Waals surface area contributed by atoms with Crippen molar-refractivity contribution in [2.75, 3.05) is 5.43 Å². The van der Waals surface area contributed by atoms with Crippen LogP contribution in [0.3, 0.4) is 0 Å². The van der Waals surface area contributed by atoms with Crippen molar-refractivity contribution in [2.24, 2.45) is 5.84 Å². The van der Waals surface area contributed by atoms with E-state index in [2.05, 4.69) is 0 Å². The monoisotopic (exact) mass is 276 g/mol. The summed E-state index contributed by atoms with van der Waals surface area (Å²) in [4.78, 5) is -0.583. The van der Waals surface area contributed by atoms with E-state index in [-0.39, 0.29) is 5.69 Å². The molecule has 9 heteroatoms. The van der Waals surface area contributed by atoms with Crippen molar-refractivity contribution < 1.29 is 26.3 Å². The van der Waals surface area contributed by atoms with Gasteiger partial charge in [0.2, 0.25) is 0 Å². The third-order valence-electron chi connectivity index (χ3n) is 1.63. The van der Waals surface area contributed by atoms with Crippen molar-refractivity contribution in [3.8, 4) is 0 Å². The predicted molar refractivity (Wildman–Crippen MR) is 51.2 cm³/mol. The first-order valence-electron chi connectivity index (χ1n) is 4.06. The smallest absolute Gasteiger partial charge is 0.324 e.